The first-order valence-corrected chi connectivity index (χ1v) is 14.9. The quantitative estimate of drug-likeness (QED) is 0.155. The first-order valence-electron chi connectivity index (χ1n) is 12.5. The van der Waals surface area contributed by atoms with Crippen LogP contribution in [0.4, 0.5) is 0 Å². The molecule has 0 aliphatic rings. The number of rotatable bonds is 19. The van der Waals surface area contributed by atoms with Crippen LogP contribution < -0.4 is 0 Å². The van der Waals surface area contributed by atoms with Crippen LogP contribution >= 0.6 is 0 Å². The van der Waals surface area contributed by atoms with Gasteiger partial charge in [-0.1, -0.05) is 135 Å². The Balaban J connectivity index is 3.59. The van der Waals surface area contributed by atoms with Gasteiger partial charge in [-0.25, -0.2) is 0 Å². The van der Waals surface area contributed by atoms with E-state index in [-0.39, 0.29) is 0 Å². The van der Waals surface area contributed by atoms with Crippen LogP contribution in [-0.4, -0.2) is 21.3 Å². The molecule has 27 heavy (non-hydrogen) atoms. The fourth-order valence-electron chi connectivity index (χ4n) is 5.41. The zero-order chi connectivity index (χ0) is 20.5. The first-order chi connectivity index (χ1) is 12.9. The molecular weight excluding hydrogens is 344 g/mol. The molecule has 0 aliphatic heterocycles. The van der Waals surface area contributed by atoms with Crippen molar-refractivity contribution in [2.75, 3.05) is 13.2 Å². The third-order valence-electron chi connectivity index (χ3n) is 7.08. The molecule has 0 amide bonds. The van der Waals surface area contributed by atoms with Crippen molar-refractivity contribution in [2.24, 2.45) is 0 Å². The maximum Gasteiger partial charge on any atom is 0.0612 e. The summed E-state index contributed by atoms with van der Waals surface area (Å²) in [7, 11) is -1.14. The molecule has 0 spiro atoms. The molecule has 1 nitrogen and oxygen atoms in total. The van der Waals surface area contributed by atoms with E-state index in [1.807, 2.05) is 0 Å². The molecule has 0 radical (unpaired) electrons. The van der Waals surface area contributed by atoms with Gasteiger partial charge in [0.05, 0.1) is 8.07 Å². The van der Waals surface area contributed by atoms with Crippen molar-refractivity contribution in [1.29, 1.82) is 0 Å². The second kappa shape index (κ2) is 17.1. The van der Waals surface area contributed by atoms with Crippen LogP contribution in [0.1, 0.15) is 126 Å². The number of hydrogen-bond acceptors (Lipinski definition) is 1. The summed E-state index contributed by atoms with van der Waals surface area (Å²) in [6, 6.07) is 1.56. The molecule has 164 valence electrons. The third-order valence-corrected chi connectivity index (χ3v) is 14.7. The Hall–Kier alpha value is 0.177. The molecule has 0 atom stereocenters. The molecule has 0 aromatic heterocycles. The van der Waals surface area contributed by atoms with Gasteiger partial charge in [0.2, 0.25) is 0 Å². The highest BCUT2D eigenvalue weighted by Crippen LogP contribution is 2.45. The van der Waals surface area contributed by atoms with Crippen molar-refractivity contribution in [2.45, 2.75) is 148 Å². The van der Waals surface area contributed by atoms with E-state index in [1.54, 1.807) is 6.04 Å². The molecule has 0 fully saturated rings. The van der Waals surface area contributed by atoms with Gasteiger partial charge < -0.3 is 4.74 Å². The summed E-state index contributed by atoms with van der Waals surface area (Å²) in [5.41, 5.74) is 2.78. The van der Waals surface area contributed by atoms with Gasteiger partial charge in [0.25, 0.3) is 0 Å². The molecule has 0 aromatic carbocycles. The largest absolute Gasteiger partial charge is 0.382 e. The van der Waals surface area contributed by atoms with E-state index in [0.29, 0.717) is 0 Å². The Bertz CT molecular complexity index is 290. The number of hydrogen-bond donors (Lipinski definition) is 0. The second-order valence-corrected chi connectivity index (χ2v) is 16.0. The van der Waals surface area contributed by atoms with Crippen LogP contribution in [0.5, 0.6) is 0 Å². The van der Waals surface area contributed by atoms with E-state index in [2.05, 4.69) is 48.5 Å². The number of ether oxygens (including phenoxy) is 1. The maximum absolute atomic E-state index is 5.39. The van der Waals surface area contributed by atoms with Gasteiger partial charge in [0.1, 0.15) is 0 Å². The smallest absolute Gasteiger partial charge is 0.0612 e. The van der Waals surface area contributed by atoms with Crippen LogP contribution in [0.3, 0.4) is 0 Å². The zero-order valence-electron chi connectivity index (χ0n) is 20.2. The van der Waals surface area contributed by atoms with Crippen molar-refractivity contribution in [3.63, 3.8) is 0 Å². The van der Waals surface area contributed by atoms with Crippen molar-refractivity contribution < 1.29 is 4.74 Å². The number of unbranched alkanes of at least 4 members (excludes halogenated alkanes) is 11. The summed E-state index contributed by atoms with van der Waals surface area (Å²) >= 11 is 0. The van der Waals surface area contributed by atoms with Crippen molar-refractivity contribution in [1.82, 2.24) is 0 Å². The lowest BCUT2D eigenvalue weighted by Gasteiger charge is -2.43. The van der Waals surface area contributed by atoms with E-state index in [1.165, 1.54) is 77.0 Å². The first kappa shape index (κ1) is 27.2. The average molecular weight is 399 g/mol. The highest BCUT2D eigenvalue weighted by Gasteiger charge is 2.41. The van der Waals surface area contributed by atoms with Gasteiger partial charge in [0, 0.05) is 13.2 Å². The minimum atomic E-state index is -1.14. The van der Waals surface area contributed by atoms with Crippen LogP contribution in [0.2, 0.25) is 22.7 Å². The topological polar surface area (TPSA) is 9.23 Å². The molecule has 0 unspecified atom stereocenters. The fraction of sp³-hybridized carbons (Fsp3) is 1.00. The van der Waals surface area contributed by atoms with Crippen LogP contribution in [0.25, 0.3) is 0 Å². The van der Waals surface area contributed by atoms with E-state index in [9.17, 15) is 0 Å². The van der Waals surface area contributed by atoms with Crippen molar-refractivity contribution >= 4 is 8.07 Å². The standard InChI is InChI=1S/C25H54OSi/c1-8-26-21-19-17-15-13-11-9-10-12-14-16-18-20-22-27(23(2)3,24(4)5)25(6)7/h23-25H,8-22H2,1-7H3. The minimum Gasteiger partial charge on any atom is -0.382 e. The second-order valence-electron chi connectivity index (χ2n) is 9.77. The van der Waals surface area contributed by atoms with Gasteiger partial charge in [0.15, 0.2) is 0 Å². The average Bonchev–Trinajstić information content (AvgIpc) is 2.60. The summed E-state index contributed by atoms with van der Waals surface area (Å²) in [6.45, 7) is 18.9. The van der Waals surface area contributed by atoms with E-state index >= 15 is 0 Å². The highest BCUT2D eigenvalue weighted by molar-refractivity contribution is 6.83. The predicted octanol–water partition coefficient (Wildman–Crippen LogP) is 9.38. The van der Waals surface area contributed by atoms with Gasteiger partial charge in [-0.05, 0) is 13.3 Å². The van der Waals surface area contributed by atoms with Gasteiger partial charge in [-0.3, -0.25) is 0 Å². The van der Waals surface area contributed by atoms with Crippen molar-refractivity contribution in [3.05, 3.63) is 0 Å². The molecular formula is C25H54OSi. The molecule has 0 rings (SSSR count). The van der Waals surface area contributed by atoms with Crippen LogP contribution in [-0.2, 0) is 4.74 Å². The lowest BCUT2D eigenvalue weighted by molar-refractivity contribution is 0.143. The normalized spacial score (nSPS) is 12.7. The Morgan fingerprint density at radius 1 is 0.519 bits per heavy atom. The Kier molecular flexibility index (Phi) is 17.2. The summed E-state index contributed by atoms with van der Waals surface area (Å²) in [5, 5.41) is 0. The Morgan fingerprint density at radius 3 is 1.19 bits per heavy atom. The summed E-state index contributed by atoms with van der Waals surface area (Å²) < 4.78 is 5.39. The Morgan fingerprint density at radius 2 is 0.852 bits per heavy atom. The highest BCUT2D eigenvalue weighted by atomic mass is 28.3. The monoisotopic (exact) mass is 398 g/mol. The molecule has 0 N–H and O–H groups in total. The van der Waals surface area contributed by atoms with Crippen LogP contribution in [0, 0.1) is 0 Å². The van der Waals surface area contributed by atoms with Gasteiger partial charge >= 0.3 is 0 Å². The SMILES string of the molecule is CCOCCCCCCCCCCCCCC[Si](C(C)C)(C(C)C)C(C)C. The van der Waals surface area contributed by atoms with E-state index in [0.717, 1.165) is 29.8 Å². The lowest BCUT2D eigenvalue weighted by Crippen LogP contribution is -2.44. The molecule has 0 bridgehead atoms. The molecule has 2 heteroatoms. The lowest BCUT2D eigenvalue weighted by atomic mass is 10.1. The van der Waals surface area contributed by atoms with Gasteiger partial charge in [-0.2, -0.15) is 0 Å². The predicted molar refractivity (Wildman–Crippen MR) is 128 cm³/mol. The summed E-state index contributed by atoms with van der Waals surface area (Å²) in [4.78, 5) is 0. The molecule has 0 aliphatic carbocycles. The van der Waals surface area contributed by atoms with Gasteiger partial charge in [-0.15, -0.1) is 0 Å². The molecule has 0 heterocycles. The summed E-state index contributed by atoms with van der Waals surface area (Å²) in [5.74, 6) is 0. The molecule has 0 saturated heterocycles. The third kappa shape index (κ3) is 11.7. The zero-order valence-corrected chi connectivity index (χ0v) is 21.2. The van der Waals surface area contributed by atoms with E-state index in [4.69, 9.17) is 4.74 Å². The maximum atomic E-state index is 5.39. The molecule has 0 aromatic rings. The summed E-state index contributed by atoms with van der Waals surface area (Å²) in [6.07, 6.45) is 17.2. The minimum absolute atomic E-state index is 0.871. The molecule has 0 saturated carbocycles. The van der Waals surface area contributed by atoms with Crippen molar-refractivity contribution in [3.8, 4) is 0 Å². The fourth-order valence-corrected chi connectivity index (χ4v) is 12.0. The Labute approximate surface area is 174 Å². The van der Waals surface area contributed by atoms with E-state index < -0.39 is 8.07 Å². The van der Waals surface area contributed by atoms with Crippen LogP contribution in [0.15, 0.2) is 0 Å².